The number of aliphatic hydroxyl groups excluding tert-OH is 1. The quantitative estimate of drug-likeness (QED) is 0.877. The summed E-state index contributed by atoms with van der Waals surface area (Å²) in [5, 5.41) is 10.4. The van der Waals surface area contributed by atoms with Crippen molar-refractivity contribution in [2.75, 3.05) is 4.90 Å². The van der Waals surface area contributed by atoms with Crippen LogP contribution in [0.1, 0.15) is 64.4 Å². The molecular weight excluding hydrogens is 314 g/mol. The third-order valence-corrected chi connectivity index (χ3v) is 5.56. The molecule has 2 aliphatic rings. The fraction of sp³-hybridized carbons (Fsp3) is 0.524. The van der Waals surface area contributed by atoms with E-state index in [0.717, 1.165) is 31.4 Å². The van der Waals surface area contributed by atoms with Gasteiger partial charge in [-0.25, -0.2) is 0 Å². The normalized spacial score (nSPS) is 22.2. The maximum absolute atomic E-state index is 12.8. The van der Waals surface area contributed by atoms with Crippen LogP contribution >= 0.6 is 0 Å². The highest BCUT2D eigenvalue weighted by molar-refractivity contribution is 6.16. The molecule has 0 radical (unpaired) electrons. The number of anilines is 1. The Morgan fingerprint density at radius 3 is 2.24 bits per heavy atom. The van der Waals surface area contributed by atoms with Crippen molar-refractivity contribution in [2.45, 2.75) is 64.8 Å². The van der Waals surface area contributed by atoms with Crippen LogP contribution in [0, 0.1) is 5.92 Å². The zero-order valence-corrected chi connectivity index (χ0v) is 15.3. The van der Waals surface area contributed by atoms with Gasteiger partial charge in [0, 0.05) is 5.69 Å². The lowest BCUT2D eigenvalue weighted by Gasteiger charge is -2.35. The Morgan fingerprint density at radius 1 is 1.12 bits per heavy atom. The number of rotatable bonds is 4. The van der Waals surface area contributed by atoms with E-state index in [-0.39, 0.29) is 23.5 Å². The minimum atomic E-state index is -0.446. The van der Waals surface area contributed by atoms with Gasteiger partial charge in [-0.3, -0.25) is 14.5 Å². The molecule has 0 aromatic heterocycles. The van der Waals surface area contributed by atoms with E-state index in [1.807, 2.05) is 24.3 Å². The molecule has 1 aliphatic carbocycles. The second kappa shape index (κ2) is 7.03. The van der Waals surface area contributed by atoms with Gasteiger partial charge in [0.25, 0.3) is 5.91 Å². The summed E-state index contributed by atoms with van der Waals surface area (Å²) >= 11 is 0. The number of ketones is 1. The van der Waals surface area contributed by atoms with Crippen LogP contribution in [0.25, 0.3) is 0 Å². The number of nitrogens with zero attached hydrogens (tertiary/aromatic N) is 1. The SMILES string of the molecule is CC(=O)C1=C(O)C(=O)N(c2ccc(C(C)C)cc2)C1C1CCCCC1. The lowest BCUT2D eigenvalue weighted by atomic mass is 9.80. The van der Waals surface area contributed by atoms with Crippen LogP contribution in [0.3, 0.4) is 0 Å². The first kappa shape index (κ1) is 17.7. The van der Waals surface area contributed by atoms with Gasteiger partial charge in [-0.1, -0.05) is 45.2 Å². The second-order valence-corrected chi connectivity index (χ2v) is 7.58. The van der Waals surface area contributed by atoms with Crippen molar-refractivity contribution in [3.63, 3.8) is 0 Å². The Morgan fingerprint density at radius 2 is 1.72 bits per heavy atom. The topological polar surface area (TPSA) is 57.6 Å². The van der Waals surface area contributed by atoms with Gasteiger partial charge in [0.2, 0.25) is 0 Å². The molecule has 4 heteroatoms. The lowest BCUT2D eigenvalue weighted by Crippen LogP contribution is -2.42. The van der Waals surface area contributed by atoms with Crippen molar-refractivity contribution < 1.29 is 14.7 Å². The molecule has 0 bridgehead atoms. The molecule has 134 valence electrons. The van der Waals surface area contributed by atoms with Crippen LogP contribution in [-0.2, 0) is 9.59 Å². The molecule has 1 aliphatic heterocycles. The number of amides is 1. The van der Waals surface area contributed by atoms with Crippen LogP contribution in [0.2, 0.25) is 0 Å². The summed E-state index contributed by atoms with van der Waals surface area (Å²) in [7, 11) is 0. The van der Waals surface area contributed by atoms with Gasteiger partial charge in [-0.05, 0) is 49.3 Å². The highest BCUT2D eigenvalue weighted by Crippen LogP contribution is 2.40. The lowest BCUT2D eigenvalue weighted by molar-refractivity contribution is -0.117. The van der Waals surface area contributed by atoms with E-state index < -0.39 is 5.91 Å². The minimum absolute atomic E-state index is 0.206. The molecule has 0 spiro atoms. The molecule has 1 fully saturated rings. The molecule has 1 amide bonds. The number of carbonyl (C=O) groups excluding carboxylic acids is 2. The van der Waals surface area contributed by atoms with Gasteiger partial charge < -0.3 is 5.11 Å². The first-order valence-corrected chi connectivity index (χ1v) is 9.29. The van der Waals surface area contributed by atoms with E-state index in [4.69, 9.17) is 0 Å². The van der Waals surface area contributed by atoms with E-state index in [1.54, 1.807) is 4.90 Å². The van der Waals surface area contributed by atoms with Crippen molar-refractivity contribution in [3.05, 3.63) is 41.2 Å². The van der Waals surface area contributed by atoms with Crippen molar-refractivity contribution in [1.29, 1.82) is 0 Å². The molecule has 1 saturated carbocycles. The maximum Gasteiger partial charge on any atom is 0.294 e. The number of hydrogen-bond acceptors (Lipinski definition) is 3. The Bertz CT molecular complexity index is 696. The van der Waals surface area contributed by atoms with Crippen molar-refractivity contribution in [3.8, 4) is 0 Å². The van der Waals surface area contributed by atoms with Crippen LogP contribution in [0.5, 0.6) is 0 Å². The number of Topliss-reactive ketones (excluding diaryl/α,β-unsaturated/α-hetero) is 1. The monoisotopic (exact) mass is 341 g/mol. The second-order valence-electron chi connectivity index (χ2n) is 7.58. The summed E-state index contributed by atoms with van der Waals surface area (Å²) in [6.07, 6.45) is 5.40. The Kier molecular flexibility index (Phi) is 4.98. The van der Waals surface area contributed by atoms with Gasteiger partial charge in [-0.2, -0.15) is 0 Å². The fourth-order valence-electron chi connectivity index (χ4n) is 4.19. The van der Waals surface area contributed by atoms with Gasteiger partial charge in [-0.15, -0.1) is 0 Å². The first-order valence-electron chi connectivity index (χ1n) is 9.29. The minimum Gasteiger partial charge on any atom is -0.503 e. The average molecular weight is 341 g/mol. The predicted molar refractivity (Wildman–Crippen MR) is 98.7 cm³/mol. The summed E-state index contributed by atoms with van der Waals surface area (Å²) in [4.78, 5) is 26.6. The highest BCUT2D eigenvalue weighted by Gasteiger charge is 2.46. The van der Waals surface area contributed by atoms with E-state index in [1.165, 1.54) is 18.9 Å². The summed E-state index contributed by atoms with van der Waals surface area (Å²) in [5.41, 5.74) is 2.26. The molecule has 1 unspecified atom stereocenters. The molecule has 25 heavy (non-hydrogen) atoms. The fourth-order valence-corrected chi connectivity index (χ4v) is 4.19. The number of benzene rings is 1. The van der Waals surface area contributed by atoms with E-state index in [0.29, 0.717) is 11.5 Å². The number of hydrogen-bond donors (Lipinski definition) is 1. The van der Waals surface area contributed by atoms with Crippen LogP contribution in [0.4, 0.5) is 5.69 Å². The molecule has 1 aromatic carbocycles. The first-order chi connectivity index (χ1) is 11.9. The largest absolute Gasteiger partial charge is 0.503 e. The Labute approximate surface area is 149 Å². The third kappa shape index (κ3) is 3.22. The molecule has 1 N–H and O–H groups in total. The van der Waals surface area contributed by atoms with E-state index in [9.17, 15) is 14.7 Å². The highest BCUT2D eigenvalue weighted by atomic mass is 16.3. The van der Waals surface area contributed by atoms with Gasteiger partial charge in [0.05, 0.1) is 11.6 Å². The van der Waals surface area contributed by atoms with Crippen molar-refractivity contribution >= 4 is 17.4 Å². The number of carbonyl (C=O) groups is 2. The Hall–Kier alpha value is -2.10. The van der Waals surface area contributed by atoms with Crippen molar-refractivity contribution in [1.82, 2.24) is 0 Å². The van der Waals surface area contributed by atoms with Crippen LogP contribution in [-0.4, -0.2) is 22.8 Å². The summed E-state index contributed by atoms with van der Waals surface area (Å²) in [6, 6.07) is 7.57. The molecular formula is C21H27NO3. The van der Waals surface area contributed by atoms with Crippen LogP contribution in [0.15, 0.2) is 35.6 Å². The molecule has 1 aromatic rings. The molecule has 4 nitrogen and oxygen atoms in total. The molecule has 0 saturated heterocycles. The van der Waals surface area contributed by atoms with Gasteiger partial charge in [0.15, 0.2) is 11.5 Å². The molecule has 1 heterocycles. The van der Waals surface area contributed by atoms with Crippen LogP contribution < -0.4 is 4.90 Å². The molecule has 3 rings (SSSR count). The zero-order valence-electron chi connectivity index (χ0n) is 15.3. The summed E-state index contributed by atoms with van der Waals surface area (Å²) in [5.74, 6) is -0.375. The number of aliphatic hydroxyl groups is 1. The smallest absolute Gasteiger partial charge is 0.294 e. The van der Waals surface area contributed by atoms with Crippen molar-refractivity contribution in [2.24, 2.45) is 5.92 Å². The Balaban J connectivity index is 2.00. The molecule has 1 atom stereocenters. The summed E-state index contributed by atoms with van der Waals surface area (Å²) in [6.45, 7) is 5.70. The third-order valence-electron chi connectivity index (χ3n) is 5.56. The predicted octanol–water partition coefficient (Wildman–Crippen LogP) is 4.51. The van der Waals surface area contributed by atoms with Gasteiger partial charge in [0.1, 0.15) is 0 Å². The summed E-state index contributed by atoms with van der Waals surface area (Å²) < 4.78 is 0. The standard InChI is InChI=1S/C21H27NO3/c1-13(2)15-9-11-17(12-10-15)22-19(16-7-5-4-6-8-16)18(14(3)23)20(24)21(22)25/h9-13,16,19,24H,4-8H2,1-3H3. The zero-order chi connectivity index (χ0) is 18.1. The van der Waals surface area contributed by atoms with E-state index >= 15 is 0 Å². The van der Waals surface area contributed by atoms with E-state index in [2.05, 4.69) is 13.8 Å². The van der Waals surface area contributed by atoms with Gasteiger partial charge >= 0.3 is 0 Å². The average Bonchev–Trinajstić information content (AvgIpc) is 2.87. The maximum atomic E-state index is 12.8.